The third-order valence-corrected chi connectivity index (χ3v) is 4.40. The number of nitrogens with zero attached hydrogens (tertiary/aromatic N) is 2. The fourth-order valence-corrected chi connectivity index (χ4v) is 3.02. The molecule has 1 heterocycles. The van der Waals surface area contributed by atoms with E-state index in [1.165, 1.54) is 13.2 Å². The lowest BCUT2D eigenvalue weighted by atomic mass is 10.1. The van der Waals surface area contributed by atoms with Gasteiger partial charge in [0.1, 0.15) is 6.04 Å². The molecule has 1 aromatic rings. The van der Waals surface area contributed by atoms with Gasteiger partial charge in [0.25, 0.3) is 5.69 Å². The van der Waals surface area contributed by atoms with Gasteiger partial charge in [-0.05, 0) is 21.5 Å². The number of carbonyl (C=O) groups excluding carboxylic acids is 1. The van der Waals surface area contributed by atoms with Gasteiger partial charge < -0.3 is 9.84 Å². The molecule has 114 valence electrons. The SMILES string of the molecule is COC(=O)C1CC(O)CN1Cc1cccc([N+](=O)[O-])c1Br. The van der Waals surface area contributed by atoms with Crippen molar-refractivity contribution in [2.75, 3.05) is 13.7 Å². The lowest BCUT2D eigenvalue weighted by Crippen LogP contribution is -2.36. The van der Waals surface area contributed by atoms with Gasteiger partial charge in [-0.2, -0.15) is 0 Å². The predicted octanol–water partition coefficient (Wildman–Crippen LogP) is 1.47. The fourth-order valence-electron chi connectivity index (χ4n) is 2.48. The quantitative estimate of drug-likeness (QED) is 0.497. The molecular weight excluding hydrogens is 344 g/mol. The minimum Gasteiger partial charge on any atom is -0.468 e. The molecule has 2 atom stereocenters. The van der Waals surface area contributed by atoms with Crippen LogP contribution in [-0.4, -0.2) is 46.7 Å². The number of aliphatic hydroxyl groups is 1. The van der Waals surface area contributed by atoms with E-state index in [2.05, 4.69) is 15.9 Å². The number of likely N-dealkylation sites (tertiary alicyclic amines) is 1. The fraction of sp³-hybridized carbons (Fsp3) is 0.462. The first-order chi connectivity index (χ1) is 9.93. The summed E-state index contributed by atoms with van der Waals surface area (Å²) in [6.45, 7) is 0.647. The number of halogens is 1. The molecule has 0 radical (unpaired) electrons. The third kappa shape index (κ3) is 3.39. The first-order valence-corrected chi connectivity index (χ1v) is 7.15. The summed E-state index contributed by atoms with van der Waals surface area (Å²) in [5, 5.41) is 20.7. The molecule has 0 bridgehead atoms. The molecule has 1 N–H and O–H groups in total. The van der Waals surface area contributed by atoms with Gasteiger partial charge in [0, 0.05) is 25.6 Å². The first kappa shape index (κ1) is 15.9. The van der Waals surface area contributed by atoms with Gasteiger partial charge >= 0.3 is 5.97 Å². The predicted molar refractivity (Wildman–Crippen MR) is 77.6 cm³/mol. The van der Waals surface area contributed by atoms with Crippen LogP contribution < -0.4 is 0 Å². The van der Waals surface area contributed by atoms with Crippen molar-refractivity contribution >= 4 is 27.6 Å². The number of methoxy groups -OCH3 is 1. The van der Waals surface area contributed by atoms with E-state index in [0.717, 1.165) is 0 Å². The van der Waals surface area contributed by atoms with Crippen molar-refractivity contribution in [2.24, 2.45) is 0 Å². The second-order valence-electron chi connectivity index (χ2n) is 4.87. The zero-order valence-corrected chi connectivity index (χ0v) is 12.9. The molecule has 2 unspecified atom stereocenters. The highest BCUT2D eigenvalue weighted by Gasteiger charge is 2.37. The number of aliphatic hydroxyl groups excluding tert-OH is 1. The summed E-state index contributed by atoms with van der Waals surface area (Å²) in [5.74, 6) is -0.409. The van der Waals surface area contributed by atoms with Gasteiger partial charge in [-0.1, -0.05) is 12.1 Å². The number of rotatable bonds is 4. The summed E-state index contributed by atoms with van der Waals surface area (Å²) in [4.78, 5) is 24.0. The minimum atomic E-state index is -0.605. The molecule has 0 spiro atoms. The van der Waals surface area contributed by atoms with Crippen molar-refractivity contribution in [3.8, 4) is 0 Å². The lowest BCUT2D eigenvalue weighted by molar-refractivity contribution is -0.385. The lowest BCUT2D eigenvalue weighted by Gasteiger charge is -2.22. The summed E-state index contributed by atoms with van der Waals surface area (Å²) in [5.41, 5.74) is 0.661. The maximum atomic E-state index is 11.7. The van der Waals surface area contributed by atoms with Gasteiger partial charge in [-0.25, -0.2) is 0 Å². The van der Waals surface area contributed by atoms with Crippen LogP contribution in [0.5, 0.6) is 0 Å². The van der Waals surface area contributed by atoms with Crippen molar-refractivity contribution in [1.82, 2.24) is 4.90 Å². The Morgan fingerprint density at radius 3 is 2.95 bits per heavy atom. The molecule has 7 nitrogen and oxygen atoms in total. The van der Waals surface area contributed by atoms with Crippen LogP contribution in [0.4, 0.5) is 5.69 Å². The summed E-state index contributed by atoms with van der Waals surface area (Å²) >= 11 is 3.23. The van der Waals surface area contributed by atoms with Gasteiger partial charge in [0.05, 0.1) is 22.6 Å². The first-order valence-electron chi connectivity index (χ1n) is 6.35. The van der Waals surface area contributed by atoms with E-state index in [1.807, 2.05) is 0 Å². The molecule has 0 aliphatic carbocycles. The average Bonchev–Trinajstić information content (AvgIpc) is 2.80. The number of ether oxygens (including phenoxy) is 1. The summed E-state index contributed by atoms with van der Waals surface area (Å²) in [6, 6.07) is 4.22. The van der Waals surface area contributed by atoms with Crippen molar-refractivity contribution in [3.05, 3.63) is 38.3 Å². The highest BCUT2D eigenvalue weighted by atomic mass is 79.9. The van der Waals surface area contributed by atoms with E-state index in [0.29, 0.717) is 29.5 Å². The minimum absolute atomic E-state index is 0.0261. The Bertz CT molecular complexity index is 565. The molecule has 0 amide bonds. The van der Waals surface area contributed by atoms with Crippen molar-refractivity contribution in [1.29, 1.82) is 0 Å². The maximum absolute atomic E-state index is 11.7. The Morgan fingerprint density at radius 2 is 2.33 bits per heavy atom. The topological polar surface area (TPSA) is 92.9 Å². The van der Waals surface area contributed by atoms with E-state index in [-0.39, 0.29) is 5.69 Å². The number of β-amino-alcohol motifs (C(OH)–C–C–N with tert-alkyl or cyclic N) is 1. The van der Waals surface area contributed by atoms with Crippen molar-refractivity contribution in [2.45, 2.75) is 25.1 Å². The Morgan fingerprint density at radius 1 is 1.62 bits per heavy atom. The zero-order chi connectivity index (χ0) is 15.6. The van der Waals surface area contributed by atoms with Crippen LogP contribution in [0.3, 0.4) is 0 Å². The van der Waals surface area contributed by atoms with E-state index in [9.17, 15) is 20.0 Å². The van der Waals surface area contributed by atoms with E-state index >= 15 is 0 Å². The van der Waals surface area contributed by atoms with Crippen LogP contribution in [0, 0.1) is 10.1 Å². The number of carbonyl (C=O) groups is 1. The highest BCUT2D eigenvalue weighted by Crippen LogP contribution is 2.31. The summed E-state index contributed by atoms with van der Waals surface area (Å²) in [7, 11) is 1.30. The number of hydrogen-bond acceptors (Lipinski definition) is 6. The molecule has 2 rings (SSSR count). The zero-order valence-electron chi connectivity index (χ0n) is 11.4. The Hall–Kier alpha value is -1.51. The van der Waals surface area contributed by atoms with Gasteiger partial charge in [-0.15, -0.1) is 0 Å². The summed E-state index contributed by atoms with van der Waals surface area (Å²) < 4.78 is 5.12. The molecule has 1 saturated heterocycles. The van der Waals surface area contributed by atoms with Gasteiger partial charge in [0.2, 0.25) is 0 Å². The third-order valence-electron chi connectivity index (χ3n) is 3.48. The van der Waals surface area contributed by atoms with Crippen LogP contribution >= 0.6 is 15.9 Å². The number of nitro groups is 1. The molecule has 21 heavy (non-hydrogen) atoms. The van der Waals surface area contributed by atoms with E-state index < -0.39 is 23.0 Å². The van der Waals surface area contributed by atoms with E-state index in [1.54, 1.807) is 17.0 Å². The Kier molecular flexibility index (Phi) is 4.92. The Labute approximate surface area is 129 Å². The largest absolute Gasteiger partial charge is 0.468 e. The smallest absolute Gasteiger partial charge is 0.323 e. The summed E-state index contributed by atoms with van der Waals surface area (Å²) in [6.07, 6.45) is -0.300. The van der Waals surface area contributed by atoms with Crippen LogP contribution in [0.2, 0.25) is 0 Å². The second-order valence-corrected chi connectivity index (χ2v) is 5.66. The second kappa shape index (κ2) is 6.50. The number of hydrogen-bond donors (Lipinski definition) is 1. The van der Waals surface area contributed by atoms with Crippen LogP contribution in [0.15, 0.2) is 22.7 Å². The van der Waals surface area contributed by atoms with Crippen LogP contribution in [0.25, 0.3) is 0 Å². The highest BCUT2D eigenvalue weighted by molar-refractivity contribution is 9.10. The number of esters is 1. The number of nitro benzene ring substituents is 1. The van der Waals surface area contributed by atoms with Crippen molar-refractivity contribution < 1.29 is 19.6 Å². The molecule has 8 heteroatoms. The molecule has 1 aliphatic heterocycles. The van der Waals surface area contributed by atoms with E-state index in [4.69, 9.17) is 4.74 Å². The molecule has 0 aromatic heterocycles. The van der Waals surface area contributed by atoms with Crippen molar-refractivity contribution in [3.63, 3.8) is 0 Å². The molecular formula is C13H15BrN2O5. The monoisotopic (exact) mass is 358 g/mol. The molecule has 1 aromatic carbocycles. The normalized spacial score (nSPS) is 22.2. The van der Waals surface area contributed by atoms with Gasteiger partial charge in [-0.3, -0.25) is 19.8 Å². The molecule has 0 saturated carbocycles. The maximum Gasteiger partial charge on any atom is 0.323 e. The van der Waals surface area contributed by atoms with Crippen LogP contribution in [0.1, 0.15) is 12.0 Å². The number of benzene rings is 1. The standard InChI is InChI=1S/C13H15BrN2O5/c1-21-13(18)11-5-9(17)7-15(11)6-8-3-2-4-10(12(8)14)16(19)20/h2-4,9,11,17H,5-7H2,1H3. The van der Waals surface area contributed by atoms with Crippen LogP contribution in [-0.2, 0) is 16.1 Å². The molecule has 1 fully saturated rings. The average molecular weight is 359 g/mol. The molecule has 1 aliphatic rings. The Balaban J connectivity index is 2.23. The van der Waals surface area contributed by atoms with Gasteiger partial charge in [0.15, 0.2) is 0 Å².